The zero-order valence-corrected chi connectivity index (χ0v) is 11.9. The predicted octanol–water partition coefficient (Wildman–Crippen LogP) is 3.47. The number of nitrogens with one attached hydrogen (secondary N) is 1. The summed E-state index contributed by atoms with van der Waals surface area (Å²) in [5.41, 5.74) is 1.15. The molecule has 1 unspecified atom stereocenters. The molecule has 1 rings (SSSR count). The summed E-state index contributed by atoms with van der Waals surface area (Å²) in [5.74, 6) is 0.674. The SMILES string of the molecule is CCCC(CCNc1ccc(C)cn1)CCC(=O)O. The average molecular weight is 264 g/mol. The Hall–Kier alpha value is -1.58. The summed E-state index contributed by atoms with van der Waals surface area (Å²) in [5, 5.41) is 12.0. The lowest BCUT2D eigenvalue weighted by atomic mass is 9.94. The number of carboxylic acids is 1. The van der Waals surface area contributed by atoms with E-state index in [-0.39, 0.29) is 6.42 Å². The van der Waals surface area contributed by atoms with Crippen molar-refractivity contribution in [1.82, 2.24) is 4.98 Å². The van der Waals surface area contributed by atoms with Gasteiger partial charge in [-0.3, -0.25) is 4.79 Å². The summed E-state index contributed by atoms with van der Waals surface area (Å²) in [4.78, 5) is 14.9. The van der Waals surface area contributed by atoms with Crippen molar-refractivity contribution in [3.8, 4) is 0 Å². The maximum absolute atomic E-state index is 10.6. The van der Waals surface area contributed by atoms with Gasteiger partial charge >= 0.3 is 5.97 Å². The van der Waals surface area contributed by atoms with Crippen molar-refractivity contribution in [2.75, 3.05) is 11.9 Å². The van der Waals surface area contributed by atoms with Crippen LogP contribution in [0.1, 0.15) is 44.6 Å². The molecule has 4 heteroatoms. The fraction of sp³-hybridized carbons (Fsp3) is 0.600. The number of hydrogen-bond acceptors (Lipinski definition) is 3. The van der Waals surface area contributed by atoms with Gasteiger partial charge in [0.15, 0.2) is 0 Å². The van der Waals surface area contributed by atoms with Crippen molar-refractivity contribution < 1.29 is 9.90 Å². The first-order valence-corrected chi connectivity index (χ1v) is 7.00. The molecule has 19 heavy (non-hydrogen) atoms. The number of aromatic nitrogens is 1. The highest BCUT2D eigenvalue weighted by Crippen LogP contribution is 2.18. The van der Waals surface area contributed by atoms with Gasteiger partial charge in [-0.25, -0.2) is 4.98 Å². The van der Waals surface area contributed by atoms with Crippen LogP contribution in [0.5, 0.6) is 0 Å². The van der Waals surface area contributed by atoms with Gasteiger partial charge in [0.2, 0.25) is 0 Å². The largest absolute Gasteiger partial charge is 0.481 e. The summed E-state index contributed by atoms with van der Waals surface area (Å²) in [7, 11) is 0. The maximum Gasteiger partial charge on any atom is 0.303 e. The molecule has 0 amide bonds. The quantitative estimate of drug-likeness (QED) is 0.717. The summed E-state index contributed by atoms with van der Waals surface area (Å²) >= 11 is 0. The number of aliphatic carboxylic acids is 1. The molecule has 106 valence electrons. The van der Waals surface area contributed by atoms with Gasteiger partial charge in [0.05, 0.1) is 0 Å². The van der Waals surface area contributed by atoms with Crippen molar-refractivity contribution in [2.45, 2.75) is 46.0 Å². The molecule has 0 aliphatic carbocycles. The minimum Gasteiger partial charge on any atom is -0.481 e. The third-order valence-corrected chi connectivity index (χ3v) is 3.23. The molecule has 0 aliphatic rings. The Morgan fingerprint density at radius 3 is 2.74 bits per heavy atom. The Balaban J connectivity index is 2.30. The lowest BCUT2D eigenvalue weighted by molar-refractivity contribution is -0.137. The van der Waals surface area contributed by atoms with Crippen molar-refractivity contribution in [2.24, 2.45) is 5.92 Å². The van der Waals surface area contributed by atoms with E-state index in [1.54, 1.807) is 0 Å². The monoisotopic (exact) mass is 264 g/mol. The summed E-state index contributed by atoms with van der Waals surface area (Å²) < 4.78 is 0. The first-order chi connectivity index (χ1) is 9.11. The highest BCUT2D eigenvalue weighted by molar-refractivity contribution is 5.66. The summed E-state index contributed by atoms with van der Waals surface area (Å²) in [6.45, 7) is 5.00. The molecule has 0 spiro atoms. The minimum atomic E-state index is -0.700. The summed E-state index contributed by atoms with van der Waals surface area (Å²) in [6, 6.07) is 4.00. The number of anilines is 1. The average Bonchev–Trinajstić information content (AvgIpc) is 2.38. The van der Waals surface area contributed by atoms with Crippen LogP contribution in [-0.2, 0) is 4.79 Å². The number of hydrogen-bond donors (Lipinski definition) is 2. The molecule has 0 fully saturated rings. The number of carbonyl (C=O) groups is 1. The number of nitrogens with zero attached hydrogens (tertiary/aromatic N) is 1. The van der Waals surface area contributed by atoms with Crippen LogP contribution in [0.15, 0.2) is 18.3 Å². The van der Waals surface area contributed by atoms with Gasteiger partial charge in [0.25, 0.3) is 0 Å². The molecule has 0 saturated carbocycles. The molecule has 0 radical (unpaired) electrons. The van der Waals surface area contributed by atoms with Crippen LogP contribution in [0, 0.1) is 12.8 Å². The van der Waals surface area contributed by atoms with Crippen molar-refractivity contribution in [1.29, 1.82) is 0 Å². The van der Waals surface area contributed by atoms with Gasteiger partial charge in [-0.15, -0.1) is 0 Å². The predicted molar refractivity (Wildman–Crippen MR) is 77.3 cm³/mol. The molecule has 4 nitrogen and oxygen atoms in total. The van der Waals surface area contributed by atoms with Crippen LogP contribution in [0.4, 0.5) is 5.82 Å². The first kappa shape index (κ1) is 15.5. The van der Waals surface area contributed by atoms with Gasteiger partial charge in [-0.2, -0.15) is 0 Å². The lowest BCUT2D eigenvalue weighted by Gasteiger charge is -2.15. The smallest absolute Gasteiger partial charge is 0.303 e. The Bertz CT molecular complexity index is 376. The molecule has 1 atom stereocenters. The topological polar surface area (TPSA) is 62.2 Å². The molecule has 1 heterocycles. The molecule has 1 aromatic heterocycles. The van der Waals surface area contributed by atoms with E-state index in [1.165, 1.54) is 0 Å². The Kier molecular flexibility index (Phi) is 6.93. The fourth-order valence-electron chi connectivity index (χ4n) is 2.15. The lowest BCUT2D eigenvalue weighted by Crippen LogP contribution is -2.11. The van der Waals surface area contributed by atoms with Crippen LogP contribution in [0.25, 0.3) is 0 Å². The van der Waals surface area contributed by atoms with E-state index in [0.717, 1.165) is 43.6 Å². The summed E-state index contributed by atoms with van der Waals surface area (Å²) in [6.07, 6.45) is 6.08. The zero-order chi connectivity index (χ0) is 14.1. The van der Waals surface area contributed by atoms with E-state index >= 15 is 0 Å². The van der Waals surface area contributed by atoms with Gasteiger partial charge in [-0.05, 0) is 37.3 Å². The van der Waals surface area contributed by atoms with Crippen LogP contribution in [-0.4, -0.2) is 22.6 Å². The second-order valence-corrected chi connectivity index (χ2v) is 5.02. The Morgan fingerprint density at radius 2 is 2.16 bits per heavy atom. The van der Waals surface area contributed by atoms with Crippen molar-refractivity contribution in [3.63, 3.8) is 0 Å². The number of aryl methyl sites for hydroxylation is 1. The van der Waals surface area contributed by atoms with E-state index in [4.69, 9.17) is 5.11 Å². The van der Waals surface area contributed by atoms with E-state index in [0.29, 0.717) is 5.92 Å². The number of pyridine rings is 1. The van der Waals surface area contributed by atoms with Crippen LogP contribution in [0.2, 0.25) is 0 Å². The Morgan fingerprint density at radius 1 is 1.37 bits per heavy atom. The van der Waals surface area contributed by atoms with Gasteiger partial charge in [-0.1, -0.05) is 25.8 Å². The standard InChI is InChI=1S/C15H24N2O2/c1-3-4-13(6-8-15(18)19)9-10-16-14-7-5-12(2)11-17-14/h5,7,11,13H,3-4,6,8-10H2,1-2H3,(H,16,17)(H,18,19). The van der Waals surface area contributed by atoms with Gasteiger partial charge < -0.3 is 10.4 Å². The second-order valence-electron chi connectivity index (χ2n) is 5.02. The van der Waals surface area contributed by atoms with Crippen molar-refractivity contribution in [3.05, 3.63) is 23.9 Å². The maximum atomic E-state index is 10.6. The molecule has 0 saturated heterocycles. The van der Waals surface area contributed by atoms with Crippen LogP contribution >= 0.6 is 0 Å². The van der Waals surface area contributed by atoms with E-state index in [1.807, 2.05) is 25.3 Å². The highest BCUT2D eigenvalue weighted by atomic mass is 16.4. The molecular weight excluding hydrogens is 240 g/mol. The molecule has 0 aromatic carbocycles. The molecule has 2 N–H and O–H groups in total. The molecule has 1 aromatic rings. The Labute approximate surface area is 115 Å². The van der Waals surface area contributed by atoms with Crippen molar-refractivity contribution >= 4 is 11.8 Å². The van der Waals surface area contributed by atoms with Gasteiger partial charge in [0, 0.05) is 19.2 Å². The van der Waals surface area contributed by atoms with Crippen LogP contribution < -0.4 is 5.32 Å². The van der Waals surface area contributed by atoms with E-state index in [2.05, 4.69) is 17.2 Å². The first-order valence-electron chi connectivity index (χ1n) is 7.00. The third-order valence-electron chi connectivity index (χ3n) is 3.23. The van der Waals surface area contributed by atoms with E-state index in [9.17, 15) is 4.79 Å². The van der Waals surface area contributed by atoms with Crippen LogP contribution in [0.3, 0.4) is 0 Å². The number of rotatable bonds is 9. The van der Waals surface area contributed by atoms with E-state index < -0.39 is 5.97 Å². The highest BCUT2D eigenvalue weighted by Gasteiger charge is 2.10. The minimum absolute atomic E-state index is 0.271. The zero-order valence-electron chi connectivity index (χ0n) is 11.9. The van der Waals surface area contributed by atoms with Gasteiger partial charge in [0.1, 0.15) is 5.82 Å². The molecule has 0 bridgehead atoms. The number of carboxylic acid groups (broad SMARTS) is 1. The normalized spacial score (nSPS) is 12.1. The molecule has 0 aliphatic heterocycles. The molecular formula is C15H24N2O2. The second kappa shape index (κ2) is 8.51. The fourth-order valence-corrected chi connectivity index (χ4v) is 2.15. The third kappa shape index (κ3) is 6.79.